The van der Waals surface area contributed by atoms with Crippen molar-refractivity contribution in [3.63, 3.8) is 0 Å². The molecule has 0 atom stereocenters. The second-order valence-corrected chi connectivity index (χ2v) is 4.97. The summed E-state index contributed by atoms with van der Waals surface area (Å²) in [6.45, 7) is -2.95. The van der Waals surface area contributed by atoms with Crippen LogP contribution >= 0.6 is 0 Å². The third-order valence-electron chi connectivity index (χ3n) is 3.04. The van der Waals surface area contributed by atoms with E-state index in [9.17, 15) is 57.5 Å². The minimum atomic E-state index is -6.70. The van der Waals surface area contributed by atoms with E-state index < -0.39 is 59.9 Å². The SMILES string of the molecule is O=C(OCC(F)(F)C(F)(F)C(F)(F)C(F)F)c1ccc(F)cc1C(F)(F)F. The number of hydrogen-bond donors (Lipinski definition) is 0. The van der Waals surface area contributed by atoms with Crippen LogP contribution < -0.4 is 0 Å². The topological polar surface area (TPSA) is 26.3 Å². The Balaban J connectivity index is 3.10. The number of halogens is 12. The molecule has 0 radical (unpaired) electrons. The Hall–Kier alpha value is -2.15. The summed E-state index contributed by atoms with van der Waals surface area (Å²) in [6, 6.07) is 0.141. The van der Waals surface area contributed by atoms with Crippen LogP contribution in [0.1, 0.15) is 15.9 Å². The average molecular weight is 422 g/mol. The van der Waals surface area contributed by atoms with E-state index in [-0.39, 0.29) is 18.2 Å². The van der Waals surface area contributed by atoms with Crippen LogP contribution in [0.4, 0.5) is 52.7 Å². The highest BCUT2D eigenvalue weighted by Gasteiger charge is 2.75. The van der Waals surface area contributed by atoms with Crippen LogP contribution in [0, 0.1) is 5.82 Å². The lowest BCUT2D eigenvalue weighted by atomic mass is 10.1. The van der Waals surface area contributed by atoms with Crippen molar-refractivity contribution in [3.05, 3.63) is 35.1 Å². The van der Waals surface area contributed by atoms with Gasteiger partial charge in [0.15, 0.2) is 6.61 Å². The molecule has 0 aliphatic carbocycles. The number of alkyl halides is 11. The Morgan fingerprint density at radius 3 is 1.93 bits per heavy atom. The van der Waals surface area contributed by atoms with Crippen molar-refractivity contribution < 1.29 is 62.2 Å². The van der Waals surface area contributed by atoms with E-state index in [0.717, 1.165) is 0 Å². The maximum atomic E-state index is 13.2. The normalized spacial score (nSPS) is 13.8. The summed E-state index contributed by atoms with van der Waals surface area (Å²) in [4.78, 5) is 11.4. The van der Waals surface area contributed by atoms with Crippen molar-refractivity contribution in [2.24, 2.45) is 0 Å². The molecule has 27 heavy (non-hydrogen) atoms. The zero-order valence-electron chi connectivity index (χ0n) is 12.4. The molecule has 0 unspecified atom stereocenters. The first-order valence-electron chi connectivity index (χ1n) is 6.40. The highest BCUT2D eigenvalue weighted by molar-refractivity contribution is 5.91. The predicted octanol–water partition coefficient (Wildman–Crippen LogP) is 5.17. The molecule has 1 aromatic rings. The first kappa shape index (κ1) is 22.9. The van der Waals surface area contributed by atoms with Gasteiger partial charge in [0.2, 0.25) is 0 Å². The number of carbonyl (C=O) groups excluding carboxylic acids is 1. The molecule has 14 heteroatoms. The van der Waals surface area contributed by atoms with Gasteiger partial charge in [0.25, 0.3) is 0 Å². The number of rotatable bonds is 6. The molecule has 1 aromatic carbocycles. The van der Waals surface area contributed by atoms with E-state index >= 15 is 0 Å². The van der Waals surface area contributed by atoms with Gasteiger partial charge in [-0.2, -0.15) is 39.5 Å². The Bertz CT molecular complexity index is 695. The molecular formula is C13H6F12O2. The van der Waals surface area contributed by atoms with Crippen molar-refractivity contribution >= 4 is 5.97 Å². The number of esters is 1. The summed E-state index contributed by atoms with van der Waals surface area (Å²) in [7, 11) is 0. The summed E-state index contributed by atoms with van der Waals surface area (Å²) >= 11 is 0. The molecular weight excluding hydrogens is 416 g/mol. The molecule has 0 aliphatic rings. The molecule has 154 valence electrons. The van der Waals surface area contributed by atoms with Crippen LogP contribution in [0.25, 0.3) is 0 Å². The van der Waals surface area contributed by atoms with Crippen molar-refractivity contribution in [1.29, 1.82) is 0 Å². The molecule has 0 saturated heterocycles. The van der Waals surface area contributed by atoms with Crippen LogP contribution in [0.5, 0.6) is 0 Å². The fourth-order valence-corrected chi connectivity index (χ4v) is 1.63. The first-order valence-corrected chi connectivity index (χ1v) is 6.40. The fourth-order valence-electron chi connectivity index (χ4n) is 1.63. The van der Waals surface area contributed by atoms with Gasteiger partial charge in [0.05, 0.1) is 11.1 Å². The van der Waals surface area contributed by atoms with Gasteiger partial charge < -0.3 is 4.74 Å². The van der Waals surface area contributed by atoms with E-state index in [2.05, 4.69) is 4.74 Å². The number of hydrogen-bond acceptors (Lipinski definition) is 2. The Morgan fingerprint density at radius 2 is 1.48 bits per heavy atom. The fraction of sp³-hybridized carbons (Fsp3) is 0.462. The van der Waals surface area contributed by atoms with Crippen molar-refractivity contribution in [3.8, 4) is 0 Å². The maximum absolute atomic E-state index is 13.2. The molecule has 0 fully saturated rings. The highest BCUT2D eigenvalue weighted by Crippen LogP contribution is 2.48. The lowest BCUT2D eigenvalue weighted by Crippen LogP contribution is -2.59. The first-order chi connectivity index (χ1) is 11.9. The van der Waals surface area contributed by atoms with Crippen molar-refractivity contribution in [1.82, 2.24) is 0 Å². The van der Waals surface area contributed by atoms with Crippen molar-refractivity contribution in [2.75, 3.05) is 6.61 Å². The molecule has 0 heterocycles. The van der Waals surface area contributed by atoms with Gasteiger partial charge >= 0.3 is 36.3 Å². The quantitative estimate of drug-likeness (QED) is 0.467. The van der Waals surface area contributed by atoms with Crippen molar-refractivity contribution in [2.45, 2.75) is 30.4 Å². The monoisotopic (exact) mass is 422 g/mol. The largest absolute Gasteiger partial charge is 0.455 e. The van der Waals surface area contributed by atoms with E-state index in [0.29, 0.717) is 0 Å². The molecule has 1 rings (SSSR count). The van der Waals surface area contributed by atoms with Gasteiger partial charge in [-0.05, 0) is 18.2 Å². The minimum Gasteiger partial charge on any atom is -0.455 e. The molecule has 0 spiro atoms. The highest BCUT2D eigenvalue weighted by atomic mass is 19.4. The molecule has 0 aliphatic heterocycles. The lowest BCUT2D eigenvalue weighted by molar-refractivity contribution is -0.343. The van der Waals surface area contributed by atoms with Crippen LogP contribution in [0.15, 0.2) is 18.2 Å². The Morgan fingerprint density at radius 1 is 0.963 bits per heavy atom. The van der Waals surface area contributed by atoms with Crippen LogP contribution in [-0.2, 0) is 10.9 Å². The average Bonchev–Trinajstić information content (AvgIpc) is 2.51. The Kier molecular flexibility index (Phi) is 6.03. The second-order valence-electron chi connectivity index (χ2n) is 4.97. The summed E-state index contributed by atoms with van der Waals surface area (Å²) < 4.78 is 156. The maximum Gasteiger partial charge on any atom is 0.417 e. The number of benzene rings is 1. The molecule has 0 aromatic heterocycles. The second kappa shape index (κ2) is 7.11. The van der Waals surface area contributed by atoms with Gasteiger partial charge in [-0.1, -0.05) is 0 Å². The summed E-state index contributed by atoms with van der Waals surface area (Å²) in [6.07, 6.45) is -10.6. The molecule has 2 nitrogen and oxygen atoms in total. The summed E-state index contributed by atoms with van der Waals surface area (Å²) in [5, 5.41) is 0. The smallest absolute Gasteiger partial charge is 0.417 e. The van der Waals surface area contributed by atoms with Gasteiger partial charge in [0.1, 0.15) is 5.82 Å². The molecule has 0 bridgehead atoms. The minimum absolute atomic E-state index is 0.116. The van der Waals surface area contributed by atoms with Gasteiger partial charge in [-0.25, -0.2) is 18.0 Å². The van der Waals surface area contributed by atoms with E-state index in [4.69, 9.17) is 0 Å². The third kappa shape index (κ3) is 4.40. The zero-order valence-corrected chi connectivity index (χ0v) is 12.4. The van der Waals surface area contributed by atoms with E-state index in [1.807, 2.05) is 0 Å². The van der Waals surface area contributed by atoms with Gasteiger partial charge in [-0.15, -0.1) is 0 Å². The summed E-state index contributed by atoms with van der Waals surface area (Å²) in [5.74, 6) is -23.2. The number of carbonyl (C=O) groups is 1. The number of ether oxygens (including phenoxy) is 1. The standard InChI is InChI=1S/C13H6F12O2/c14-5-1-2-6(7(3-5)12(21,22)23)8(26)27-4-10(17,18)13(24,25)11(19,20)9(15)16/h1-3,9H,4H2. The van der Waals surface area contributed by atoms with E-state index in [1.165, 1.54) is 0 Å². The lowest BCUT2D eigenvalue weighted by Gasteiger charge is -2.31. The van der Waals surface area contributed by atoms with Gasteiger partial charge in [0, 0.05) is 0 Å². The van der Waals surface area contributed by atoms with E-state index in [1.54, 1.807) is 0 Å². The Labute approximate surface area is 141 Å². The predicted molar refractivity (Wildman–Crippen MR) is 62.5 cm³/mol. The third-order valence-corrected chi connectivity index (χ3v) is 3.04. The molecule has 0 saturated carbocycles. The molecule has 0 amide bonds. The summed E-state index contributed by atoms with van der Waals surface area (Å²) in [5.41, 5.74) is -3.62. The van der Waals surface area contributed by atoms with Crippen LogP contribution in [-0.4, -0.2) is 36.8 Å². The van der Waals surface area contributed by atoms with Crippen LogP contribution in [0.2, 0.25) is 0 Å². The molecule has 0 N–H and O–H groups in total. The van der Waals surface area contributed by atoms with Gasteiger partial charge in [-0.3, -0.25) is 0 Å². The van der Waals surface area contributed by atoms with Crippen LogP contribution in [0.3, 0.4) is 0 Å². The zero-order chi connectivity index (χ0) is 21.4.